The Morgan fingerprint density at radius 3 is 2.82 bits per heavy atom. The summed E-state index contributed by atoms with van der Waals surface area (Å²) in [6.45, 7) is 6.32. The fraction of sp³-hybridized carbons (Fsp3) is 0.560. The summed E-state index contributed by atoms with van der Waals surface area (Å²) in [6, 6.07) is 8.11. The van der Waals surface area contributed by atoms with Crippen LogP contribution in [0, 0.1) is 5.82 Å². The molecule has 0 saturated carbocycles. The minimum atomic E-state index is -0.420. The lowest BCUT2D eigenvalue weighted by atomic mass is 9.96. The third-order valence-electron chi connectivity index (χ3n) is 6.50. The lowest BCUT2D eigenvalue weighted by Crippen LogP contribution is -2.39. The standard InChI is InChI=1S/C25H33FN4O3/c1-17(13-18(2)31)19-6-8-21(9-7-19)33-22-10-11-30(15-22)24-23(26)14-27-25(28-24)29(3)20-5-4-12-32-16-20/h6-9,14,17,20,22H,4-5,10-13,15-16H2,1-3H3/t17-,20?,22-/m1/s1. The molecule has 4 rings (SSSR count). The van der Waals surface area contributed by atoms with E-state index in [9.17, 15) is 9.18 Å². The molecule has 0 spiro atoms. The molecule has 0 N–H and O–H groups in total. The molecule has 1 aromatic heterocycles. The van der Waals surface area contributed by atoms with Crippen LogP contribution in [0.25, 0.3) is 0 Å². The van der Waals surface area contributed by atoms with E-state index in [1.807, 2.05) is 41.1 Å². The molecule has 3 heterocycles. The van der Waals surface area contributed by atoms with Crippen LogP contribution < -0.4 is 14.5 Å². The molecule has 33 heavy (non-hydrogen) atoms. The van der Waals surface area contributed by atoms with Crippen LogP contribution >= 0.6 is 0 Å². The van der Waals surface area contributed by atoms with Crippen LogP contribution in [0.2, 0.25) is 0 Å². The number of hydrogen-bond acceptors (Lipinski definition) is 7. The Kier molecular flexibility index (Phi) is 7.42. The minimum absolute atomic E-state index is 0.0483. The van der Waals surface area contributed by atoms with Crippen LogP contribution in [0.4, 0.5) is 16.2 Å². The zero-order valence-corrected chi connectivity index (χ0v) is 19.7. The highest BCUT2D eigenvalue weighted by molar-refractivity contribution is 5.76. The Labute approximate surface area is 194 Å². The molecule has 0 bridgehead atoms. The summed E-state index contributed by atoms with van der Waals surface area (Å²) in [5, 5.41) is 0. The number of rotatable bonds is 8. The second-order valence-electron chi connectivity index (χ2n) is 9.17. The number of ether oxygens (including phenoxy) is 2. The Bertz CT molecular complexity index is 949. The van der Waals surface area contributed by atoms with Gasteiger partial charge in [-0.3, -0.25) is 0 Å². The second-order valence-corrected chi connectivity index (χ2v) is 9.17. The van der Waals surface area contributed by atoms with Crippen molar-refractivity contribution in [3.63, 3.8) is 0 Å². The zero-order chi connectivity index (χ0) is 23.4. The molecule has 2 saturated heterocycles. The highest BCUT2D eigenvalue weighted by Crippen LogP contribution is 2.28. The van der Waals surface area contributed by atoms with E-state index in [-0.39, 0.29) is 23.8 Å². The molecule has 178 valence electrons. The number of carbonyl (C=O) groups excluding carboxylic acids is 1. The topological polar surface area (TPSA) is 67.8 Å². The number of benzene rings is 1. The van der Waals surface area contributed by atoms with E-state index in [1.165, 1.54) is 6.20 Å². The molecule has 0 aliphatic carbocycles. The Morgan fingerprint density at radius 1 is 1.33 bits per heavy atom. The lowest BCUT2D eigenvalue weighted by Gasteiger charge is -2.31. The molecule has 8 heteroatoms. The van der Waals surface area contributed by atoms with Gasteiger partial charge in [-0.15, -0.1) is 0 Å². The summed E-state index contributed by atoms with van der Waals surface area (Å²) in [6.07, 6.45) is 4.55. The molecule has 7 nitrogen and oxygen atoms in total. The molecule has 1 unspecified atom stereocenters. The Hall–Kier alpha value is -2.74. The summed E-state index contributed by atoms with van der Waals surface area (Å²) in [5.41, 5.74) is 1.12. The van der Waals surface area contributed by atoms with E-state index in [0.29, 0.717) is 37.9 Å². The Morgan fingerprint density at radius 2 is 2.12 bits per heavy atom. The van der Waals surface area contributed by atoms with Gasteiger partial charge in [0, 0.05) is 33.0 Å². The van der Waals surface area contributed by atoms with Crippen molar-refractivity contribution in [1.29, 1.82) is 0 Å². The number of carbonyl (C=O) groups is 1. The van der Waals surface area contributed by atoms with Gasteiger partial charge in [-0.05, 0) is 43.4 Å². The molecular formula is C25H33FN4O3. The van der Waals surface area contributed by atoms with Gasteiger partial charge >= 0.3 is 0 Å². The number of anilines is 2. The van der Waals surface area contributed by atoms with Gasteiger partial charge in [-0.1, -0.05) is 19.1 Å². The highest BCUT2D eigenvalue weighted by Gasteiger charge is 2.29. The molecule has 2 aliphatic rings. The molecule has 3 atom stereocenters. The predicted molar refractivity (Wildman–Crippen MR) is 126 cm³/mol. The van der Waals surface area contributed by atoms with E-state index in [1.54, 1.807) is 6.92 Å². The summed E-state index contributed by atoms with van der Waals surface area (Å²) in [5.74, 6) is 1.57. The lowest BCUT2D eigenvalue weighted by molar-refractivity contribution is -0.117. The maximum atomic E-state index is 14.6. The van der Waals surface area contributed by atoms with Gasteiger partial charge in [0.15, 0.2) is 11.6 Å². The van der Waals surface area contributed by atoms with Gasteiger partial charge in [0.2, 0.25) is 5.95 Å². The largest absolute Gasteiger partial charge is 0.489 e. The first-order valence-electron chi connectivity index (χ1n) is 11.7. The first kappa shape index (κ1) is 23.4. The van der Waals surface area contributed by atoms with Crippen molar-refractivity contribution in [1.82, 2.24) is 9.97 Å². The third-order valence-corrected chi connectivity index (χ3v) is 6.50. The zero-order valence-electron chi connectivity index (χ0n) is 19.7. The number of nitrogens with zero attached hydrogens (tertiary/aromatic N) is 4. The van der Waals surface area contributed by atoms with Crippen molar-refractivity contribution in [2.75, 3.05) is 43.2 Å². The van der Waals surface area contributed by atoms with Crippen molar-refractivity contribution in [2.45, 2.75) is 57.6 Å². The van der Waals surface area contributed by atoms with Crippen LogP contribution in [0.5, 0.6) is 5.75 Å². The summed E-state index contributed by atoms with van der Waals surface area (Å²) in [7, 11) is 1.94. The van der Waals surface area contributed by atoms with E-state index in [4.69, 9.17) is 9.47 Å². The molecule has 1 aromatic carbocycles. The van der Waals surface area contributed by atoms with Gasteiger partial charge in [-0.2, -0.15) is 4.98 Å². The monoisotopic (exact) mass is 456 g/mol. The first-order chi connectivity index (χ1) is 15.9. The van der Waals surface area contributed by atoms with E-state index in [0.717, 1.165) is 37.2 Å². The van der Waals surface area contributed by atoms with E-state index < -0.39 is 5.82 Å². The molecular weight excluding hydrogens is 423 g/mol. The van der Waals surface area contributed by atoms with Crippen molar-refractivity contribution >= 4 is 17.5 Å². The van der Waals surface area contributed by atoms with Crippen molar-refractivity contribution in [3.8, 4) is 5.75 Å². The second kappa shape index (κ2) is 10.5. The SMILES string of the molecule is CC(=O)C[C@@H](C)c1ccc(O[C@@H]2CCN(c3nc(N(C)C4CCCOC4)ncc3F)C2)cc1. The van der Waals surface area contributed by atoms with Crippen LogP contribution in [-0.2, 0) is 9.53 Å². The average Bonchev–Trinajstić information content (AvgIpc) is 3.27. The van der Waals surface area contributed by atoms with E-state index in [2.05, 4.69) is 16.9 Å². The van der Waals surface area contributed by atoms with Crippen molar-refractivity contribution in [2.24, 2.45) is 0 Å². The van der Waals surface area contributed by atoms with Crippen LogP contribution in [0.1, 0.15) is 51.0 Å². The number of halogens is 1. The molecule has 2 aromatic rings. The van der Waals surface area contributed by atoms with Crippen LogP contribution in [0.3, 0.4) is 0 Å². The fourth-order valence-corrected chi connectivity index (χ4v) is 4.57. The normalized spacial score (nSPS) is 21.6. The minimum Gasteiger partial charge on any atom is -0.489 e. The van der Waals surface area contributed by atoms with Gasteiger partial charge in [-0.25, -0.2) is 9.37 Å². The third kappa shape index (κ3) is 5.79. The summed E-state index contributed by atoms with van der Waals surface area (Å²) >= 11 is 0. The van der Waals surface area contributed by atoms with Crippen LogP contribution in [-0.4, -0.2) is 61.2 Å². The summed E-state index contributed by atoms with van der Waals surface area (Å²) < 4.78 is 26.3. The van der Waals surface area contributed by atoms with E-state index >= 15 is 0 Å². The van der Waals surface area contributed by atoms with Crippen molar-refractivity contribution in [3.05, 3.63) is 41.8 Å². The molecule has 0 amide bonds. The van der Waals surface area contributed by atoms with Crippen molar-refractivity contribution < 1.29 is 18.7 Å². The molecule has 0 radical (unpaired) electrons. The fourth-order valence-electron chi connectivity index (χ4n) is 4.57. The van der Waals surface area contributed by atoms with Gasteiger partial charge < -0.3 is 24.1 Å². The van der Waals surface area contributed by atoms with Gasteiger partial charge in [0.25, 0.3) is 0 Å². The van der Waals surface area contributed by atoms with Gasteiger partial charge in [0.05, 0.1) is 25.4 Å². The Balaban J connectivity index is 1.38. The summed E-state index contributed by atoms with van der Waals surface area (Å²) in [4.78, 5) is 24.0. The maximum absolute atomic E-state index is 14.6. The first-order valence-corrected chi connectivity index (χ1v) is 11.7. The smallest absolute Gasteiger partial charge is 0.227 e. The number of hydrogen-bond donors (Lipinski definition) is 0. The average molecular weight is 457 g/mol. The quantitative estimate of drug-likeness (QED) is 0.595. The maximum Gasteiger partial charge on any atom is 0.227 e. The number of ketones is 1. The number of likely N-dealkylation sites (N-methyl/N-ethyl adjacent to an activating group) is 1. The highest BCUT2D eigenvalue weighted by atomic mass is 19.1. The molecule has 2 aliphatic heterocycles. The van der Waals surface area contributed by atoms with Gasteiger partial charge in [0.1, 0.15) is 17.6 Å². The number of Topliss-reactive ketones (excluding diaryl/α,β-unsaturated/α-hetero) is 1. The number of aromatic nitrogens is 2. The predicted octanol–water partition coefficient (Wildman–Crippen LogP) is 3.97. The van der Waals surface area contributed by atoms with Crippen LogP contribution in [0.15, 0.2) is 30.5 Å². The molecule has 2 fully saturated rings.